The molecule has 0 aliphatic heterocycles. The van der Waals surface area contributed by atoms with Gasteiger partial charge in [-0.05, 0) is 31.4 Å². The second-order valence-electron chi connectivity index (χ2n) is 4.08. The average Bonchev–Trinajstić information content (AvgIpc) is 2.31. The third-order valence-electron chi connectivity index (χ3n) is 2.59. The number of aromatic hydroxyl groups is 1. The Labute approximate surface area is 105 Å². The van der Waals surface area contributed by atoms with Crippen molar-refractivity contribution in [3.05, 3.63) is 29.3 Å². The van der Waals surface area contributed by atoms with Gasteiger partial charge in [-0.3, -0.25) is 9.59 Å². The Balaban J connectivity index is 2.41. The van der Waals surface area contributed by atoms with E-state index in [4.69, 9.17) is 5.11 Å². The van der Waals surface area contributed by atoms with Gasteiger partial charge < -0.3 is 15.5 Å². The molecule has 98 valence electrons. The monoisotopic (exact) mass is 251 g/mol. The highest BCUT2D eigenvalue weighted by Gasteiger charge is 2.11. The first kappa shape index (κ1) is 14.0. The molecule has 1 rings (SSSR count). The molecular weight excluding hydrogens is 234 g/mol. The number of aliphatic carboxylic acids is 1. The SMILES string of the molecule is Cc1cccc(C(=O)NCCCCC(=O)O)c1O. The van der Waals surface area contributed by atoms with E-state index in [9.17, 15) is 14.7 Å². The maximum Gasteiger partial charge on any atom is 0.303 e. The van der Waals surface area contributed by atoms with Crippen LogP contribution in [-0.2, 0) is 4.79 Å². The summed E-state index contributed by atoms with van der Waals surface area (Å²) in [7, 11) is 0. The Bertz CT molecular complexity index is 443. The fraction of sp³-hybridized carbons (Fsp3) is 0.385. The number of amides is 1. The predicted octanol–water partition coefficient (Wildman–Crippen LogP) is 1.69. The van der Waals surface area contributed by atoms with E-state index in [1.807, 2.05) is 0 Å². The second kappa shape index (κ2) is 6.64. The minimum Gasteiger partial charge on any atom is -0.507 e. The molecule has 0 heterocycles. The molecule has 5 heteroatoms. The van der Waals surface area contributed by atoms with Gasteiger partial charge in [-0.25, -0.2) is 0 Å². The zero-order chi connectivity index (χ0) is 13.5. The number of aryl methyl sites for hydroxylation is 1. The molecule has 0 saturated heterocycles. The first-order valence-electron chi connectivity index (χ1n) is 5.81. The van der Waals surface area contributed by atoms with E-state index >= 15 is 0 Å². The predicted molar refractivity (Wildman–Crippen MR) is 66.7 cm³/mol. The van der Waals surface area contributed by atoms with Gasteiger partial charge in [0, 0.05) is 13.0 Å². The topological polar surface area (TPSA) is 86.6 Å². The van der Waals surface area contributed by atoms with Gasteiger partial charge in [0.25, 0.3) is 5.91 Å². The largest absolute Gasteiger partial charge is 0.507 e. The smallest absolute Gasteiger partial charge is 0.303 e. The second-order valence-corrected chi connectivity index (χ2v) is 4.08. The van der Waals surface area contributed by atoms with E-state index in [2.05, 4.69) is 5.32 Å². The lowest BCUT2D eigenvalue weighted by atomic mass is 10.1. The Morgan fingerprint density at radius 3 is 2.67 bits per heavy atom. The van der Waals surface area contributed by atoms with Gasteiger partial charge in [0.2, 0.25) is 0 Å². The van der Waals surface area contributed by atoms with Crippen LogP contribution in [0.15, 0.2) is 18.2 Å². The molecule has 0 bridgehead atoms. The molecule has 0 fully saturated rings. The van der Waals surface area contributed by atoms with Crippen LogP contribution in [0.3, 0.4) is 0 Å². The number of hydrogen-bond acceptors (Lipinski definition) is 3. The van der Waals surface area contributed by atoms with Crippen LogP contribution in [0.1, 0.15) is 35.2 Å². The number of carbonyl (C=O) groups is 2. The van der Waals surface area contributed by atoms with Crippen LogP contribution in [0.25, 0.3) is 0 Å². The molecule has 0 aliphatic carbocycles. The van der Waals surface area contributed by atoms with E-state index in [0.717, 1.165) is 0 Å². The summed E-state index contributed by atoms with van der Waals surface area (Å²) < 4.78 is 0. The third kappa shape index (κ3) is 4.08. The maximum absolute atomic E-state index is 11.7. The Morgan fingerprint density at radius 1 is 1.28 bits per heavy atom. The van der Waals surface area contributed by atoms with Crippen LogP contribution in [-0.4, -0.2) is 28.6 Å². The van der Waals surface area contributed by atoms with Crippen LogP contribution in [0.5, 0.6) is 5.75 Å². The molecule has 0 radical (unpaired) electrons. The molecule has 3 N–H and O–H groups in total. The number of nitrogens with one attached hydrogen (secondary N) is 1. The first-order chi connectivity index (χ1) is 8.52. The number of phenols is 1. The van der Waals surface area contributed by atoms with Crippen LogP contribution < -0.4 is 5.32 Å². The summed E-state index contributed by atoms with van der Waals surface area (Å²) >= 11 is 0. The third-order valence-corrected chi connectivity index (χ3v) is 2.59. The van der Waals surface area contributed by atoms with Crippen molar-refractivity contribution in [2.75, 3.05) is 6.54 Å². The molecule has 0 saturated carbocycles. The fourth-order valence-electron chi connectivity index (χ4n) is 1.54. The highest BCUT2D eigenvalue weighted by Crippen LogP contribution is 2.20. The molecule has 0 unspecified atom stereocenters. The van der Waals surface area contributed by atoms with E-state index in [0.29, 0.717) is 24.9 Å². The number of rotatable bonds is 6. The summed E-state index contributed by atoms with van der Waals surface area (Å²) in [6.45, 7) is 2.12. The maximum atomic E-state index is 11.7. The first-order valence-corrected chi connectivity index (χ1v) is 5.81. The molecule has 0 aromatic heterocycles. The Hall–Kier alpha value is -2.04. The molecule has 18 heavy (non-hydrogen) atoms. The number of benzene rings is 1. The van der Waals surface area contributed by atoms with Crippen molar-refractivity contribution in [3.8, 4) is 5.75 Å². The molecule has 1 amide bonds. The van der Waals surface area contributed by atoms with Crippen molar-refractivity contribution in [3.63, 3.8) is 0 Å². The van der Waals surface area contributed by atoms with Gasteiger partial charge in [0.1, 0.15) is 5.75 Å². The Kier molecular flexibility index (Phi) is 5.17. The number of carbonyl (C=O) groups excluding carboxylic acids is 1. The van der Waals surface area contributed by atoms with E-state index < -0.39 is 5.97 Å². The molecule has 0 atom stereocenters. The van der Waals surface area contributed by atoms with Gasteiger partial charge >= 0.3 is 5.97 Å². The standard InChI is InChI=1S/C13H17NO4/c1-9-5-4-6-10(12(9)17)13(18)14-8-3-2-7-11(15)16/h4-6,17H,2-3,7-8H2,1H3,(H,14,18)(H,15,16). The lowest BCUT2D eigenvalue weighted by Gasteiger charge is -2.07. The van der Waals surface area contributed by atoms with E-state index in [1.165, 1.54) is 0 Å². The zero-order valence-corrected chi connectivity index (χ0v) is 10.3. The van der Waals surface area contributed by atoms with Crippen LogP contribution in [0.2, 0.25) is 0 Å². The molecule has 1 aromatic carbocycles. The van der Waals surface area contributed by atoms with Gasteiger partial charge in [-0.2, -0.15) is 0 Å². The highest BCUT2D eigenvalue weighted by molar-refractivity contribution is 5.97. The zero-order valence-electron chi connectivity index (χ0n) is 10.3. The van der Waals surface area contributed by atoms with Crippen molar-refractivity contribution < 1.29 is 19.8 Å². The number of carboxylic acid groups (broad SMARTS) is 1. The van der Waals surface area contributed by atoms with Crippen molar-refractivity contribution in [1.82, 2.24) is 5.32 Å². The van der Waals surface area contributed by atoms with E-state index in [-0.39, 0.29) is 23.6 Å². The van der Waals surface area contributed by atoms with Gasteiger partial charge in [0.15, 0.2) is 0 Å². The molecular formula is C13H17NO4. The van der Waals surface area contributed by atoms with Crippen molar-refractivity contribution in [2.24, 2.45) is 0 Å². The fourth-order valence-corrected chi connectivity index (χ4v) is 1.54. The van der Waals surface area contributed by atoms with Crippen molar-refractivity contribution in [2.45, 2.75) is 26.2 Å². The number of hydrogen-bond donors (Lipinski definition) is 3. The summed E-state index contributed by atoms with van der Waals surface area (Å²) in [5.41, 5.74) is 0.891. The van der Waals surface area contributed by atoms with Gasteiger partial charge in [-0.1, -0.05) is 12.1 Å². The number of para-hydroxylation sites is 1. The number of phenolic OH excluding ortho intramolecular Hbond substituents is 1. The van der Waals surface area contributed by atoms with Crippen LogP contribution in [0.4, 0.5) is 0 Å². The van der Waals surface area contributed by atoms with Crippen molar-refractivity contribution in [1.29, 1.82) is 0 Å². The molecule has 0 aliphatic rings. The van der Waals surface area contributed by atoms with Gasteiger partial charge in [-0.15, -0.1) is 0 Å². The van der Waals surface area contributed by atoms with Crippen molar-refractivity contribution >= 4 is 11.9 Å². The summed E-state index contributed by atoms with van der Waals surface area (Å²) in [5.74, 6) is -1.19. The molecule has 1 aromatic rings. The minimum absolute atomic E-state index is 0.0134. The summed E-state index contributed by atoms with van der Waals surface area (Å²) in [6.07, 6.45) is 1.23. The number of unbranched alkanes of at least 4 members (excludes halogenated alkanes) is 1. The average molecular weight is 251 g/mol. The summed E-state index contributed by atoms with van der Waals surface area (Å²) in [4.78, 5) is 22.0. The Morgan fingerprint density at radius 2 is 2.00 bits per heavy atom. The lowest BCUT2D eigenvalue weighted by Crippen LogP contribution is -2.24. The summed E-state index contributed by atoms with van der Waals surface area (Å²) in [5, 5.41) is 20.8. The van der Waals surface area contributed by atoms with Gasteiger partial charge in [0.05, 0.1) is 5.56 Å². The lowest BCUT2D eigenvalue weighted by molar-refractivity contribution is -0.137. The molecule has 5 nitrogen and oxygen atoms in total. The minimum atomic E-state index is -0.836. The van der Waals surface area contributed by atoms with Crippen LogP contribution in [0, 0.1) is 6.92 Å². The summed E-state index contributed by atoms with van der Waals surface area (Å²) in [6, 6.07) is 4.97. The van der Waals surface area contributed by atoms with Crippen LogP contribution >= 0.6 is 0 Å². The number of carboxylic acids is 1. The van der Waals surface area contributed by atoms with E-state index in [1.54, 1.807) is 25.1 Å². The highest BCUT2D eigenvalue weighted by atomic mass is 16.4. The molecule has 0 spiro atoms. The normalized spacial score (nSPS) is 10.1. The quantitative estimate of drug-likeness (QED) is 0.671.